The van der Waals surface area contributed by atoms with Crippen molar-refractivity contribution in [2.75, 3.05) is 19.7 Å². The van der Waals surface area contributed by atoms with Gasteiger partial charge in [0.2, 0.25) is 5.88 Å². The summed E-state index contributed by atoms with van der Waals surface area (Å²) in [6.45, 7) is 3.47. The number of aromatic nitrogens is 2. The SMILES string of the molecule is O=C(NC1CCN(C2CC(c3cccs3)NN2)CC1)c1cc2n(n1)CCCO2. The van der Waals surface area contributed by atoms with Gasteiger partial charge >= 0.3 is 0 Å². The Kier molecular flexibility index (Phi) is 5.06. The Morgan fingerprint density at radius 2 is 2.18 bits per heavy atom. The third-order valence-electron chi connectivity index (χ3n) is 5.82. The second kappa shape index (κ2) is 7.82. The fraction of sp³-hybridized carbons (Fsp3) is 0.579. The molecule has 0 aromatic carbocycles. The third kappa shape index (κ3) is 3.67. The smallest absolute Gasteiger partial charge is 0.272 e. The van der Waals surface area contributed by atoms with Gasteiger partial charge in [0.15, 0.2) is 5.69 Å². The second-order valence-corrected chi connectivity index (χ2v) is 8.66. The lowest BCUT2D eigenvalue weighted by Gasteiger charge is -2.35. The number of thiophene rings is 1. The number of likely N-dealkylation sites (tertiary alicyclic amines) is 1. The van der Waals surface area contributed by atoms with Gasteiger partial charge in [0, 0.05) is 43.0 Å². The van der Waals surface area contributed by atoms with E-state index in [1.54, 1.807) is 22.1 Å². The minimum atomic E-state index is -0.0950. The number of piperidine rings is 1. The van der Waals surface area contributed by atoms with Crippen LogP contribution in [0.25, 0.3) is 0 Å². The fourth-order valence-corrected chi connectivity index (χ4v) is 5.04. The topological polar surface area (TPSA) is 83.5 Å². The summed E-state index contributed by atoms with van der Waals surface area (Å²) < 4.78 is 7.33. The van der Waals surface area contributed by atoms with Gasteiger partial charge in [-0.25, -0.2) is 15.5 Å². The number of rotatable bonds is 4. The van der Waals surface area contributed by atoms with E-state index in [1.165, 1.54) is 4.88 Å². The molecule has 150 valence electrons. The van der Waals surface area contributed by atoms with E-state index in [0.717, 1.165) is 45.3 Å². The van der Waals surface area contributed by atoms with E-state index >= 15 is 0 Å². The average Bonchev–Trinajstić information content (AvgIpc) is 3.47. The Labute approximate surface area is 168 Å². The summed E-state index contributed by atoms with van der Waals surface area (Å²) in [5.41, 5.74) is 7.32. The van der Waals surface area contributed by atoms with Crippen LogP contribution in [0.2, 0.25) is 0 Å². The molecule has 9 heteroatoms. The summed E-state index contributed by atoms with van der Waals surface area (Å²) in [6.07, 6.45) is 4.26. The molecule has 0 aliphatic carbocycles. The van der Waals surface area contributed by atoms with E-state index in [4.69, 9.17) is 4.74 Å². The van der Waals surface area contributed by atoms with Crippen LogP contribution in [-0.2, 0) is 6.54 Å². The molecule has 8 nitrogen and oxygen atoms in total. The molecule has 3 aliphatic rings. The molecule has 5 heterocycles. The van der Waals surface area contributed by atoms with Crippen molar-refractivity contribution >= 4 is 17.2 Å². The Balaban J connectivity index is 1.11. The molecule has 2 fully saturated rings. The van der Waals surface area contributed by atoms with Gasteiger partial charge in [0.25, 0.3) is 5.91 Å². The molecule has 2 atom stereocenters. The van der Waals surface area contributed by atoms with Crippen molar-refractivity contribution < 1.29 is 9.53 Å². The molecule has 0 bridgehead atoms. The summed E-state index contributed by atoms with van der Waals surface area (Å²) >= 11 is 1.80. The molecule has 3 N–H and O–H groups in total. The predicted octanol–water partition coefficient (Wildman–Crippen LogP) is 1.49. The molecule has 2 saturated heterocycles. The maximum Gasteiger partial charge on any atom is 0.272 e. The predicted molar refractivity (Wildman–Crippen MR) is 106 cm³/mol. The first kappa shape index (κ1) is 18.1. The minimum Gasteiger partial charge on any atom is -0.478 e. The van der Waals surface area contributed by atoms with E-state index in [2.05, 4.69) is 43.7 Å². The van der Waals surface area contributed by atoms with Crippen LogP contribution >= 0.6 is 11.3 Å². The van der Waals surface area contributed by atoms with E-state index in [1.807, 2.05) is 0 Å². The zero-order valence-electron chi connectivity index (χ0n) is 15.8. The Bertz CT molecular complexity index is 791. The van der Waals surface area contributed by atoms with E-state index in [9.17, 15) is 4.79 Å². The molecule has 3 aliphatic heterocycles. The molecule has 0 spiro atoms. The molecule has 2 unspecified atom stereocenters. The number of aryl methyl sites for hydroxylation is 1. The molecule has 0 radical (unpaired) electrons. The second-order valence-electron chi connectivity index (χ2n) is 7.68. The molecule has 2 aromatic heterocycles. The van der Waals surface area contributed by atoms with Crippen molar-refractivity contribution in [2.45, 2.75) is 50.5 Å². The molecule has 5 rings (SSSR count). The van der Waals surface area contributed by atoms with Gasteiger partial charge in [0.05, 0.1) is 18.8 Å². The summed E-state index contributed by atoms with van der Waals surface area (Å²) in [5, 5.41) is 9.66. The van der Waals surface area contributed by atoms with Crippen molar-refractivity contribution in [3.63, 3.8) is 0 Å². The van der Waals surface area contributed by atoms with Crippen molar-refractivity contribution in [2.24, 2.45) is 0 Å². The van der Waals surface area contributed by atoms with Crippen LogP contribution in [0.5, 0.6) is 5.88 Å². The molecule has 28 heavy (non-hydrogen) atoms. The van der Waals surface area contributed by atoms with Crippen LogP contribution in [-0.4, -0.2) is 52.5 Å². The lowest BCUT2D eigenvalue weighted by atomic mass is 10.0. The Morgan fingerprint density at radius 1 is 1.29 bits per heavy atom. The summed E-state index contributed by atoms with van der Waals surface area (Å²) in [5.74, 6) is 0.605. The number of nitrogens with one attached hydrogen (secondary N) is 3. The molecular formula is C19H26N6O2S. The van der Waals surface area contributed by atoms with Gasteiger partial charge in [-0.15, -0.1) is 11.3 Å². The summed E-state index contributed by atoms with van der Waals surface area (Å²) in [7, 11) is 0. The van der Waals surface area contributed by atoms with Crippen molar-refractivity contribution in [3.05, 3.63) is 34.2 Å². The van der Waals surface area contributed by atoms with Gasteiger partial charge in [-0.2, -0.15) is 5.10 Å². The number of hydrogen-bond acceptors (Lipinski definition) is 7. The lowest BCUT2D eigenvalue weighted by molar-refractivity contribution is 0.0874. The Hall–Kier alpha value is -1.94. The number of carbonyl (C=O) groups is 1. The van der Waals surface area contributed by atoms with E-state index < -0.39 is 0 Å². The zero-order chi connectivity index (χ0) is 18.9. The van der Waals surface area contributed by atoms with Crippen molar-refractivity contribution in [1.82, 2.24) is 30.8 Å². The lowest BCUT2D eigenvalue weighted by Crippen LogP contribution is -2.51. The summed E-state index contributed by atoms with van der Waals surface area (Å²) in [6, 6.07) is 6.63. The largest absolute Gasteiger partial charge is 0.478 e. The van der Waals surface area contributed by atoms with E-state index in [0.29, 0.717) is 30.4 Å². The van der Waals surface area contributed by atoms with Gasteiger partial charge in [-0.1, -0.05) is 6.07 Å². The fourth-order valence-electron chi connectivity index (χ4n) is 4.25. The van der Waals surface area contributed by atoms with Crippen LogP contribution in [0.3, 0.4) is 0 Å². The standard InChI is InChI=1S/C19H26N6O2S/c26-19(15-12-18-25(23-15)6-2-9-27-18)20-13-4-7-24(8-5-13)17-11-14(21-22-17)16-3-1-10-28-16/h1,3,10,12-14,17,21-22H,2,4-9,11H2,(H,20,26). The van der Waals surface area contributed by atoms with Crippen LogP contribution in [0, 0.1) is 0 Å². The first-order valence-electron chi connectivity index (χ1n) is 10.1. The van der Waals surface area contributed by atoms with Crippen molar-refractivity contribution in [1.29, 1.82) is 0 Å². The average molecular weight is 403 g/mol. The first-order chi connectivity index (χ1) is 13.8. The highest BCUT2D eigenvalue weighted by molar-refractivity contribution is 7.10. The van der Waals surface area contributed by atoms with Crippen LogP contribution in [0.4, 0.5) is 0 Å². The van der Waals surface area contributed by atoms with Crippen LogP contribution in [0.15, 0.2) is 23.6 Å². The first-order valence-corrected chi connectivity index (χ1v) is 10.9. The number of carbonyl (C=O) groups excluding carboxylic acids is 1. The summed E-state index contributed by atoms with van der Waals surface area (Å²) in [4.78, 5) is 16.4. The monoisotopic (exact) mass is 402 g/mol. The number of hydrazine groups is 1. The third-order valence-corrected chi connectivity index (χ3v) is 6.80. The number of amides is 1. The number of hydrogen-bond donors (Lipinski definition) is 3. The quantitative estimate of drug-likeness (QED) is 0.719. The van der Waals surface area contributed by atoms with Crippen LogP contribution < -0.4 is 20.9 Å². The number of ether oxygens (including phenoxy) is 1. The normalized spacial score (nSPS) is 26.0. The maximum atomic E-state index is 12.6. The van der Waals surface area contributed by atoms with Gasteiger partial charge in [-0.05, 0) is 30.7 Å². The van der Waals surface area contributed by atoms with Gasteiger partial charge in [0.1, 0.15) is 0 Å². The highest BCUT2D eigenvalue weighted by Crippen LogP contribution is 2.28. The maximum absolute atomic E-state index is 12.6. The Morgan fingerprint density at radius 3 is 2.96 bits per heavy atom. The highest BCUT2D eigenvalue weighted by atomic mass is 32.1. The zero-order valence-corrected chi connectivity index (χ0v) is 16.6. The number of nitrogens with zero attached hydrogens (tertiary/aromatic N) is 3. The molecule has 0 saturated carbocycles. The molecular weight excluding hydrogens is 376 g/mol. The van der Waals surface area contributed by atoms with E-state index in [-0.39, 0.29) is 11.9 Å². The molecule has 2 aromatic rings. The number of fused-ring (bicyclic) bond motifs is 1. The van der Waals surface area contributed by atoms with Gasteiger partial charge in [-0.3, -0.25) is 9.69 Å². The minimum absolute atomic E-state index is 0.0950. The highest BCUT2D eigenvalue weighted by Gasteiger charge is 2.32. The van der Waals surface area contributed by atoms with Gasteiger partial charge < -0.3 is 10.1 Å². The van der Waals surface area contributed by atoms with Crippen LogP contribution in [0.1, 0.15) is 47.1 Å². The molecule has 1 amide bonds. The van der Waals surface area contributed by atoms with Crippen molar-refractivity contribution in [3.8, 4) is 5.88 Å².